The zero-order chi connectivity index (χ0) is 11.8. The van der Waals surface area contributed by atoms with Crippen molar-refractivity contribution in [3.05, 3.63) is 24.4 Å². The highest BCUT2D eigenvalue weighted by atomic mass is 16.5. The summed E-state index contributed by atoms with van der Waals surface area (Å²) in [5.74, 6) is -0.213. The van der Waals surface area contributed by atoms with Gasteiger partial charge in [0.2, 0.25) is 5.88 Å². The van der Waals surface area contributed by atoms with Crippen LogP contribution in [0.3, 0.4) is 0 Å². The molecule has 0 aliphatic carbocycles. The summed E-state index contributed by atoms with van der Waals surface area (Å²) in [4.78, 5) is 16.0. The van der Waals surface area contributed by atoms with E-state index in [1.807, 2.05) is 0 Å². The van der Waals surface area contributed by atoms with Gasteiger partial charge in [-0.2, -0.15) is 5.10 Å². The molecule has 7 nitrogen and oxygen atoms in total. The number of ketones is 1. The van der Waals surface area contributed by atoms with Crippen LogP contribution < -0.4 is 5.73 Å². The van der Waals surface area contributed by atoms with Crippen molar-refractivity contribution in [3.8, 4) is 0 Å². The normalized spacial score (nSPS) is 11.6. The highest BCUT2D eigenvalue weighted by Crippen LogP contribution is 2.23. The lowest BCUT2D eigenvalue weighted by atomic mass is 9.95. The second kappa shape index (κ2) is 3.44. The number of anilines is 1. The maximum absolute atomic E-state index is 12.2. The van der Waals surface area contributed by atoms with Crippen molar-refractivity contribution in [2.75, 3.05) is 5.73 Å². The Labute approximate surface area is 91.2 Å². The molecular weight excluding hydrogens is 210 g/mol. The van der Waals surface area contributed by atoms with E-state index in [1.54, 1.807) is 13.8 Å². The number of nitrogens with two attached hydrogens (primary N) is 1. The Hall–Kier alpha value is -2.18. The Morgan fingerprint density at radius 1 is 1.56 bits per heavy atom. The maximum atomic E-state index is 12.2. The van der Waals surface area contributed by atoms with Crippen LogP contribution in [0, 0.1) is 0 Å². The molecule has 7 heteroatoms. The number of rotatable bonds is 3. The van der Waals surface area contributed by atoms with Gasteiger partial charge in [0.15, 0.2) is 5.78 Å². The van der Waals surface area contributed by atoms with E-state index in [2.05, 4.69) is 19.8 Å². The lowest BCUT2D eigenvalue weighted by molar-refractivity contribution is 0.0833. The molecule has 0 radical (unpaired) electrons. The van der Waals surface area contributed by atoms with Gasteiger partial charge in [-0.25, -0.2) is 9.67 Å². The molecule has 0 atom stereocenters. The van der Waals surface area contributed by atoms with E-state index in [1.165, 1.54) is 23.5 Å². The van der Waals surface area contributed by atoms with Gasteiger partial charge in [-0.3, -0.25) is 4.79 Å². The third-order valence-corrected chi connectivity index (χ3v) is 2.39. The number of hydrogen-bond donors (Lipinski definition) is 1. The zero-order valence-corrected chi connectivity index (χ0v) is 8.91. The molecule has 0 fully saturated rings. The lowest BCUT2D eigenvalue weighted by Crippen LogP contribution is -2.36. The van der Waals surface area contributed by atoms with E-state index in [4.69, 9.17) is 5.73 Å². The van der Waals surface area contributed by atoms with Crippen LogP contribution in [0.1, 0.15) is 24.2 Å². The summed E-state index contributed by atoms with van der Waals surface area (Å²) in [5.41, 5.74) is 4.87. The van der Waals surface area contributed by atoms with Crippen molar-refractivity contribution in [2.45, 2.75) is 19.4 Å². The Bertz CT molecular complexity index is 500. The molecule has 2 heterocycles. The molecule has 2 aromatic heterocycles. The van der Waals surface area contributed by atoms with E-state index in [-0.39, 0.29) is 17.2 Å². The summed E-state index contributed by atoms with van der Waals surface area (Å²) in [7, 11) is 0. The molecule has 0 aromatic carbocycles. The Balaban J connectivity index is 2.39. The number of nitrogen functional groups attached to an aromatic ring is 1. The monoisotopic (exact) mass is 221 g/mol. The van der Waals surface area contributed by atoms with Gasteiger partial charge in [-0.1, -0.05) is 5.16 Å². The fraction of sp³-hybridized carbons (Fsp3) is 0.333. The number of Topliss-reactive ketones (excluding diaryl/α,β-unsaturated/α-hetero) is 1. The molecule has 0 saturated heterocycles. The van der Waals surface area contributed by atoms with Crippen molar-refractivity contribution in [2.24, 2.45) is 0 Å². The third kappa shape index (κ3) is 1.46. The SMILES string of the molecule is CC(C)(C(=O)c1cnoc1N)n1cncn1. The Morgan fingerprint density at radius 3 is 2.81 bits per heavy atom. The van der Waals surface area contributed by atoms with Gasteiger partial charge in [0.05, 0.1) is 6.20 Å². The van der Waals surface area contributed by atoms with Gasteiger partial charge in [0.25, 0.3) is 0 Å². The fourth-order valence-electron chi connectivity index (χ4n) is 1.35. The average Bonchev–Trinajstić information content (AvgIpc) is 2.86. The van der Waals surface area contributed by atoms with Crippen molar-refractivity contribution in [1.29, 1.82) is 0 Å². The number of carbonyl (C=O) groups excluding carboxylic acids is 1. The highest BCUT2D eigenvalue weighted by Gasteiger charge is 2.34. The van der Waals surface area contributed by atoms with Gasteiger partial charge in [0.1, 0.15) is 23.8 Å². The number of aromatic nitrogens is 4. The second-order valence-electron chi connectivity index (χ2n) is 3.83. The van der Waals surface area contributed by atoms with E-state index in [9.17, 15) is 4.79 Å². The largest absolute Gasteiger partial charge is 0.367 e. The molecule has 84 valence electrons. The first kappa shape index (κ1) is 10.3. The molecule has 0 aliphatic rings. The Morgan fingerprint density at radius 2 is 2.31 bits per heavy atom. The van der Waals surface area contributed by atoms with E-state index in [0.29, 0.717) is 0 Å². The molecule has 0 saturated carbocycles. The van der Waals surface area contributed by atoms with Gasteiger partial charge in [-0.15, -0.1) is 0 Å². The molecule has 2 N–H and O–H groups in total. The molecule has 0 spiro atoms. The molecule has 16 heavy (non-hydrogen) atoms. The van der Waals surface area contributed by atoms with Gasteiger partial charge in [-0.05, 0) is 13.8 Å². The first-order chi connectivity index (χ1) is 7.53. The predicted octanol–water partition coefficient (Wildman–Crippen LogP) is 0.466. The van der Waals surface area contributed by atoms with Crippen LogP contribution in [-0.2, 0) is 5.54 Å². The zero-order valence-electron chi connectivity index (χ0n) is 8.91. The molecule has 0 amide bonds. The minimum absolute atomic E-state index is 0.0122. The minimum Gasteiger partial charge on any atom is -0.367 e. The topological polar surface area (TPSA) is 99.8 Å². The van der Waals surface area contributed by atoms with Gasteiger partial charge >= 0.3 is 0 Å². The average molecular weight is 221 g/mol. The van der Waals surface area contributed by atoms with Crippen molar-refractivity contribution in [1.82, 2.24) is 19.9 Å². The smallest absolute Gasteiger partial charge is 0.233 e. The lowest BCUT2D eigenvalue weighted by Gasteiger charge is -2.22. The summed E-state index contributed by atoms with van der Waals surface area (Å²) in [6.07, 6.45) is 4.14. The fourth-order valence-corrected chi connectivity index (χ4v) is 1.35. The van der Waals surface area contributed by atoms with E-state index < -0.39 is 5.54 Å². The van der Waals surface area contributed by atoms with Crippen LogP contribution >= 0.6 is 0 Å². The molecule has 0 aliphatic heterocycles. The molecular formula is C9H11N5O2. The van der Waals surface area contributed by atoms with Crippen LogP contribution in [0.2, 0.25) is 0 Å². The van der Waals surface area contributed by atoms with Crippen LogP contribution in [-0.4, -0.2) is 25.7 Å². The minimum atomic E-state index is -0.879. The standard InChI is InChI=1S/C9H11N5O2/c1-9(2,14-5-11-4-12-14)7(15)6-3-13-16-8(6)10/h3-5H,10H2,1-2H3. The first-order valence-electron chi connectivity index (χ1n) is 4.63. The summed E-state index contributed by atoms with van der Waals surface area (Å²) in [6.45, 7) is 3.44. The van der Waals surface area contributed by atoms with Gasteiger partial charge in [0, 0.05) is 0 Å². The van der Waals surface area contributed by atoms with Crippen molar-refractivity contribution < 1.29 is 9.32 Å². The van der Waals surface area contributed by atoms with Gasteiger partial charge < -0.3 is 10.3 Å². The number of carbonyl (C=O) groups is 1. The van der Waals surface area contributed by atoms with E-state index in [0.717, 1.165) is 0 Å². The summed E-state index contributed by atoms with van der Waals surface area (Å²) in [5, 5.41) is 7.41. The summed E-state index contributed by atoms with van der Waals surface area (Å²) >= 11 is 0. The predicted molar refractivity (Wildman–Crippen MR) is 54.6 cm³/mol. The highest BCUT2D eigenvalue weighted by molar-refractivity contribution is 6.04. The second-order valence-corrected chi connectivity index (χ2v) is 3.83. The number of nitrogens with zero attached hydrogens (tertiary/aromatic N) is 4. The summed E-state index contributed by atoms with van der Waals surface area (Å²) < 4.78 is 6.12. The quantitative estimate of drug-likeness (QED) is 0.756. The first-order valence-corrected chi connectivity index (χ1v) is 4.63. The van der Waals surface area contributed by atoms with Crippen LogP contribution in [0.15, 0.2) is 23.4 Å². The Kier molecular flexibility index (Phi) is 2.22. The molecule has 2 aromatic rings. The maximum Gasteiger partial charge on any atom is 0.233 e. The van der Waals surface area contributed by atoms with Crippen LogP contribution in [0.5, 0.6) is 0 Å². The molecule has 0 unspecified atom stereocenters. The third-order valence-electron chi connectivity index (χ3n) is 2.39. The molecule has 0 bridgehead atoms. The van der Waals surface area contributed by atoms with Crippen molar-refractivity contribution in [3.63, 3.8) is 0 Å². The molecule has 2 rings (SSSR count). The van der Waals surface area contributed by atoms with Crippen LogP contribution in [0.4, 0.5) is 5.88 Å². The summed E-state index contributed by atoms with van der Waals surface area (Å²) in [6, 6.07) is 0. The van der Waals surface area contributed by atoms with Crippen LogP contribution in [0.25, 0.3) is 0 Å². The van der Waals surface area contributed by atoms with Crippen molar-refractivity contribution >= 4 is 11.7 Å². The number of hydrogen-bond acceptors (Lipinski definition) is 6. The van der Waals surface area contributed by atoms with E-state index >= 15 is 0 Å².